The molecule has 2 aromatic carbocycles. The Kier molecular flexibility index (Phi) is 6.74. The van der Waals surface area contributed by atoms with Gasteiger partial charge in [-0.2, -0.15) is 0 Å². The van der Waals surface area contributed by atoms with E-state index in [1.54, 1.807) is 12.1 Å². The first kappa shape index (κ1) is 19.7. The van der Waals surface area contributed by atoms with Crippen molar-refractivity contribution in [1.82, 2.24) is 0 Å². The van der Waals surface area contributed by atoms with Crippen LogP contribution in [0.1, 0.15) is 37.0 Å². The number of amides is 1. The minimum absolute atomic E-state index is 0.0157. The molecule has 3 rings (SSSR count). The van der Waals surface area contributed by atoms with Gasteiger partial charge in [0, 0.05) is 16.8 Å². The zero-order valence-electron chi connectivity index (χ0n) is 15.5. The normalized spacial score (nSPS) is 16.4. The van der Waals surface area contributed by atoms with Crippen molar-refractivity contribution >= 4 is 27.5 Å². The minimum Gasteiger partial charge on any atom is -0.491 e. The van der Waals surface area contributed by atoms with E-state index >= 15 is 0 Å². The number of rotatable bonds is 7. The maximum atomic E-state index is 12.7. The topological polar surface area (TPSA) is 56.8 Å². The zero-order valence-corrected chi connectivity index (χ0v) is 17.1. The Morgan fingerprint density at radius 1 is 1.26 bits per heavy atom. The standard InChI is InChI=1S/C21H24BrNO4/c1-14(2)27-20-10-5-15(22)12-19(20)21(24)23-16-6-8-17(9-7-16)26-13-18-4-3-11-25-18/h5-10,12,14,18H,3-4,11,13H2,1-2H3,(H,23,24). The Bertz CT molecular complexity index is 770. The molecule has 1 fully saturated rings. The highest BCUT2D eigenvalue weighted by Gasteiger charge is 2.17. The first-order valence-electron chi connectivity index (χ1n) is 9.13. The Labute approximate surface area is 168 Å². The second-order valence-electron chi connectivity index (χ2n) is 6.73. The predicted molar refractivity (Wildman–Crippen MR) is 109 cm³/mol. The number of hydrogen-bond acceptors (Lipinski definition) is 4. The molecule has 6 heteroatoms. The SMILES string of the molecule is CC(C)Oc1ccc(Br)cc1C(=O)Nc1ccc(OCC2CCCO2)cc1. The Hall–Kier alpha value is -2.05. The lowest BCUT2D eigenvalue weighted by atomic mass is 10.1. The molecule has 1 amide bonds. The molecule has 1 aliphatic heterocycles. The summed E-state index contributed by atoms with van der Waals surface area (Å²) < 4.78 is 17.9. The average molecular weight is 434 g/mol. The molecule has 1 heterocycles. The third-order valence-corrected chi connectivity index (χ3v) is 4.61. The van der Waals surface area contributed by atoms with Gasteiger partial charge in [0.2, 0.25) is 0 Å². The van der Waals surface area contributed by atoms with Crippen LogP contribution in [0.2, 0.25) is 0 Å². The Morgan fingerprint density at radius 3 is 2.70 bits per heavy atom. The fourth-order valence-electron chi connectivity index (χ4n) is 2.83. The summed E-state index contributed by atoms with van der Waals surface area (Å²) in [6, 6.07) is 12.7. The highest BCUT2D eigenvalue weighted by molar-refractivity contribution is 9.10. The lowest BCUT2D eigenvalue weighted by Gasteiger charge is -2.15. The summed E-state index contributed by atoms with van der Waals surface area (Å²) in [6.07, 6.45) is 2.30. The number of hydrogen-bond donors (Lipinski definition) is 1. The fraction of sp³-hybridized carbons (Fsp3) is 0.381. The van der Waals surface area contributed by atoms with E-state index in [0.717, 1.165) is 29.7 Å². The van der Waals surface area contributed by atoms with Crippen molar-refractivity contribution in [2.75, 3.05) is 18.5 Å². The summed E-state index contributed by atoms with van der Waals surface area (Å²) in [6.45, 7) is 5.23. The third-order valence-electron chi connectivity index (χ3n) is 4.12. The lowest BCUT2D eigenvalue weighted by Crippen LogP contribution is -2.16. The summed E-state index contributed by atoms with van der Waals surface area (Å²) in [5.74, 6) is 1.09. The van der Waals surface area contributed by atoms with E-state index in [1.807, 2.05) is 44.2 Å². The van der Waals surface area contributed by atoms with Crippen LogP contribution < -0.4 is 14.8 Å². The number of anilines is 1. The van der Waals surface area contributed by atoms with E-state index < -0.39 is 0 Å². The second-order valence-corrected chi connectivity index (χ2v) is 7.65. The number of nitrogens with one attached hydrogen (secondary N) is 1. The summed E-state index contributed by atoms with van der Waals surface area (Å²) in [7, 11) is 0. The van der Waals surface area contributed by atoms with Gasteiger partial charge in [0.25, 0.3) is 5.91 Å². The van der Waals surface area contributed by atoms with Gasteiger partial charge in [-0.15, -0.1) is 0 Å². The molecule has 0 saturated carbocycles. The Morgan fingerprint density at radius 2 is 2.04 bits per heavy atom. The van der Waals surface area contributed by atoms with E-state index in [9.17, 15) is 4.79 Å². The fourth-order valence-corrected chi connectivity index (χ4v) is 3.20. The molecular formula is C21H24BrNO4. The molecule has 0 bridgehead atoms. The van der Waals surface area contributed by atoms with Crippen molar-refractivity contribution in [3.05, 3.63) is 52.5 Å². The lowest BCUT2D eigenvalue weighted by molar-refractivity contribution is 0.0679. The molecule has 2 aromatic rings. The van der Waals surface area contributed by atoms with Gasteiger partial charge in [-0.1, -0.05) is 15.9 Å². The molecule has 27 heavy (non-hydrogen) atoms. The number of halogens is 1. The molecule has 0 radical (unpaired) electrons. The monoisotopic (exact) mass is 433 g/mol. The molecule has 5 nitrogen and oxygen atoms in total. The van der Waals surface area contributed by atoms with Gasteiger partial charge < -0.3 is 19.5 Å². The van der Waals surface area contributed by atoms with Crippen LogP contribution in [0.3, 0.4) is 0 Å². The van der Waals surface area contributed by atoms with E-state index in [0.29, 0.717) is 23.6 Å². The van der Waals surface area contributed by atoms with Crippen molar-refractivity contribution in [3.63, 3.8) is 0 Å². The van der Waals surface area contributed by atoms with Crippen molar-refractivity contribution in [1.29, 1.82) is 0 Å². The van der Waals surface area contributed by atoms with Crippen molar-refractivity contribution < 1.29 is 19.0 Å². The summed E-state index contributed by atoms with van der Waals surface area (Å²) in [5, 5.41) is 2.90. The molecular weight excluding hydrogens is 410 g/mol. The maximum Gasteiger partial charge on any atom is 0.259 e. The van der Waals surface area contributed by atoms with Crippen LogP contribution in [0, 0.1) is 0 Å². The maximum absolute atomic E-state index is 12.7. The van der Waals surface area contributed by atoms with Gasteiger partial charge in [-0.05, 0) is 69.2 Å². The molecule has 1 saturated heterocycles. The van der Waals surface area contributed by atoms with Gasteiger partial charge in [0.15, 0.2) is 0 Å². The first-order chi connectivity index (χ1) is 13.0. The quantitative estimate of drug-likeness (QED) is 0.663. The van der Waals surface area contributed by atoms with Crippen LogP contribution in [0.25, 0.3) is 0 Å². The molecule has 1 N–H and O–H groups in total. The average Bonchev–Trinajstić information content (AvgIpc) is 3.16. The minimum atomic E-state index is -0.222. The summed E-state index contributed by atoms with van der Waals surface area (Å²) in [5.41, 5.74) is 1.18. The van der Waals surface area contributed by atoms with E-state index in [2.05, 4.69) is 21.2 Å². The molecule has 0 spiro atoms. The Balaban J connectivity index is 1.63. The number of carbonyl (C=O) groups excluding carboxylic acids is 1. The predicted octanol–water partition coefficient (Wildman–Crippen LogP) is 5.05. The van der Waals surface area contributed by atoms with Crippen molar-refractivity contribution in [2.45, 2.75) is 38.9 Å². The molecule has 1 atom stereocenters. The molecule has 1 unspecified atom stereocenters. The van der Waals surface area contributed by atoms with Gasteiger partial charge in [-0.25, -0.2) is 0 Å². The number of carbonyl (C=O) groups is 1. The second kappa shape index (κ2) is 9.24. The van der Waals surface area contributed by atoms with Gasteiger partial charge in [0.1, 0.15) is 18.1 Å². The van der Waals surface area contributed by atoms with Crippen molar-refractivity contribution in [2.24, 2.45) is 0 Å². The largest absolute Gasteiger partial charge is 0.491 e. The van der Waals surface area contributed by atoms with Crippen LogP contribution in [-0.4, -0.2) is 31.3 Å². The summed E-state index contributed by atoms with van der Waals surface area (Å²) in [4.78, 5) is 12.7. The van der Waals surface area contributed by atoms with Gasteiger partial charge in [0.05, 0.1) is 17.8 Å². The van der Waals surface area contributed by atoms with Crippen LogP contribution in [0.4, 0.5) is 5.69 Å². The van der Waals surface area contributed by atoms with Gasteiger partial charge >= 0.3 is 0 Å². The van der Waals surface area contributed by atoms with E-state index in [-0.39, 0.29) is 18.1 Å². The van der Waals surface area contributed by atoms with Crippen LogP contribution >= 0.6 is 15.9 Å². The number of ether oxygens (including phenoxy) is 3. The van der Waals surface area contributed by atoms with Crippen molar-refractivity contribution in [3.8, 4) is 11.5 Å². The smallest absolute Gasteiger partial charge is 0.259 e. The van der Waals surface area contributed by atoms with E-state index in [4.69, 9.17) is 14.2 Å². The third kappa shape index (κ3) is 5.71. The van der Waals surface area contributed by atoms with E-state index in [1.165, 1.54) is 0 Å². The summed E-state index contributed by atoms with van der Waals surface area (Å²) >= 11 is 3.41. The molecule has 144 valence electrons. The van der Waals surface area contributed by atoms with Crippen LogP contribution in [0.15, 0.2) is 46.9 Å². The van der Waals surface area contributed by atoms with Crippen LogP contribution in [0.5, 0.6) is 11.5 Å². The molecule has 0 aromatic heterocycles. The zero-order chi connectivity index (χ0) is 19.2. The van der Waals surface area contributed by atoms with Gasteiger partial charge in [-0.3, -0.25) is 4.79 Å². The van der Waals surface area contributed by atoms with Crippen LogP contribution in [-0.2, 0) is 4.74 Å². The molecule has 1 aliphatic rings. The first-order valence-corrected chi connectivity index (χ1v) is 9.92. The highest BCUT2D eigenvalue weighted by atomic mass is 79.9. The number of benzene rings is 2. The molecule has 0 aliphatic carbocycles. The highest BCUT2D eigenvalue weighted by Crippen LogP contribution is 2.26.